The zero-order chi connectivity index (χ0) is 13.0. The second kappa shape index (κ2) is 5.77. The summed E-state index contributed by atoms with van der Waals surface area (Å²) in [5.41, 5.74) is 0.542. The van der Waals surface area contributed by atoms with Gasteiger partial charge in [0.15, 0.2) is 5.92 Å². The Balaban J connectivity index is 2.70. The molecule has 0 saturated carbocycles. The smallest absolute Gasteiger partial charge is 0.318 e. The number of nitrogens with zero attached hydrogens (tertiary/aromatic N) is 1. The minimum absolute atomic E-state index is 0.0563. The predicted octanol–water partition coefficient (Wildman–Crippen LogP) is 1.67. The highest BCUT2D eigenvalue weighted by Gasteiger charge is 2.26. The fourth-order valence-corrected chi connectivity index (χ4v) is 2.40. The van der Waals surface area contributed by atoms with Gasteiger partial charge in [0.1, 0.15) is 0 Å². The van der Waals surface area contributed by atoms with Gasteiger partial charge in [0, 0.05) is 18.2 Å². The van der Waals surface area contributed by atoms with E-state index in [0.717, 1.165) is 11.4 Å². The monoisotopic (exact) mass is 257 g/mol. The average molecular weight is 257 g/mol. The van der Waals surface area contributed by atoms with Crippen LogP contribution in [0.25, 0.3) is 0 Å². The van der Waals surface area contributed by atoms with Crippen molar-refractivity contribution in [3.63, 3.8) is 0 Å². The molecule has 0 aliphatic heterocycles. The van der Waals surface area contributed by atoms with Gasteiger partial charge >= 0.3 is 11.9 Å². The molecule has 94 valence electrons. The van der Waals surface area contributed by atoms with E-state index < -0.39 is 17.9 Å². The minimum Gasteiger partial charge on any atom is -0.481 e. The van der Waals surface area contributed by atoms with Gasteiger partial charge in [-0.15, -0.1) is 11.3 Å². The van der Waals surface area contributed by atoms with Crippen LogP contribution in [0.4, 0.5) is 0 Å². The van der Waals surface area contributed by atoms with Crippen LogP contribution in [-0.4, -0.2) is 27.1 Å². The Kier molecular flexibility index (Phi) is 4.62. The van der Waals surface area contributed by atoms with Crippen molar-refractivity contribution in [2.24, 2.45) is 11.8 Å². The van der Waals surface area contributed by atoms with Crippen molar-refractivity contribution in [3.05, 3.63) is 16.1 Å². The molecule has 0 aliphatic rings. The summed E-state index contributed by atoms with van der Waals surface area (Å²) in [6, 6.07) is 0. The summed E-state index contributed by atoms with van der Waals surface area (Å²) >= 11 is 1.45. The lowest BCUT2D eigenvalue weighted by molar-refractivity contribution is -0.154. The molecular weight excluding hydrogens is 242 g/mol. The third-order valence-electron chi connectivity index (χ3n) is 2.19. The van der Waals surface area contributed by atoms with Crippen LogP contribution in [0.15, 0.2) is 5.38 Å². The third kappa shape index (κ3) is 4.14. The second-order valence-electron chi connectivity index (χ2n) is 4.26. The first kappa shape index (κ1) is 13.6. The second-order valence-corrected chi connectivity index (χ2v) is 5.21. The number of aromatic nitrogens is 1. The molecule has 0 bridgehead atoms. The van der Waals surface area contributed by atoms with E-state index in [0.29, 0.717) is 11.6 Å². The van der Waals surface area contributed by atoms with Gasteiger partial charge in [-0.25, -0.2) is 4.98 Å². The number of carbonyl (C=O) groups is 2. The summed E-state index contributed by atoms with van der Waals surface area (Å²) in [4.78, 5) is 25.7. The van der Waals surface area contributed by atoms with E-state index in [2.05, 4.69) is 18.8 Å². The van der Waals surface area contributed by atoms with Gasteiger partial charge in [-0.05, 0) is 5.92 Å². The Bertz CT molecular complexity index is 399. The van der Waals surface area contributed by atoms with Crippen molar-refractivity contribution in [1.82, 2.24) is 4.98 Å². The van der Waals surface area contributed by atoms with Crippen molar-refractivity contribution < 1.29 is 19.8 Å². The zero-order valence-corrected chi connectivity index (χ0v) is 10.5. The number of hydrogen-bond donors (Lipinski definition) is 2. The van der Waals surface area contributed by atoms with Crippen LogP contribution in [-0.2, 0) is 22.4 Å². The van der Waals surface area contributed by atoms with Gasteiger partial charge in [-0.1, -0.05) is 13.8 Å². The van der Waals surface area contributed by atoms with Gasteiger partial charge in [0.25, 0.3) is 0 Å². The van der Waals surface area contributed by atoms with E-state index in [9.17, 15) is 9.59 Å². The first-order chi connectivity index (χ1) is 7.90. The third-order valence-corrected chi connectivity index (χ3v) is 3.11. The fourth-order valence-electron chi connectivity index (χ4n) is 1.38. The number of rotatable bonds is 6. The lowest BCUT2D eigenvalue weighted by Gasteiger charge is -2.04. The van der Waals surface area contributed by atoms with Gasteiger partial charge < -0.3 is 10.2 Å². The molecule has 0 aromatic carbocycles. The van der Waals surface area contributed by atoms with Gasteiger partial charge in [-0.3, -0.25) is 9.59 Å². The zero-order valence-electron chi connectivity index (χ0n) is 9.71. The summed E-state index contributed by atoms with van der Waals surface area (Å²) < 4.78 is 0. The molecule has 0 atom stereocenters. The van der Waals surface area contributed by atoms with E-state index in [4.69, 9.17) is 10.2 Å². The van der Waals surface area contributed by atoms with Crippen molar-refractivity contribution in [3.8, 4) is 0 Å². The van der Waals surface area contributed by atoms with Gasteiger partial charge in [-0.2, -0.15) is 0 Å². The molecule has 0 aliphatic carbocycles. The first-order valence-corrected chi connectivity index (χ1v) is 6.17. The predicted molar refractivity (Wildman–Crippen MR) is 63.1 cm³/mol. The number of carboxylic acids is 2. The summed E-state index contributed by atoms with van der Waals surface area (Å²) in [7, 11) is 0. The Morgan fingerprint density at radius 2 is 1.88 bits per heavy atom. The van der Waals surface area contributed by atoms with Gasteiger partial charge in [0.05, 0.1) is 10.7 Å². The van der Waals surface area contributed by atoms with Crippen LogP contribution < -0.4 is 0 Å². The van der Waals surface area contributed by atoms with E-state index in [1.54, 1.807) is 5.38 Å². The molecule has 2 N–H and O–H groups in total. The van der Waals surface area contributed by atoms with Gasteiger partial charge in [0.2, 0.25) is 0 Å². The molecule has 1 heterocycles. The molecule has 5 nitrogen and oxygen atoms in total. The molecule has 0 saturated heterocycles. The molecule has 1 aromatic rings. The number of hydrogen-bond acceptors (Lipinski definition) is 4. The Morgan fingerprint density at radius 3 is 2.35 bits per heavy atom. The summed E-state index contributed by atoms with van der Waals surface area (Å²) in [5.74, 6) is -3.58. The van der Waals surface area contributed by atoms with E-state index >= 15 is 0 Å². The molecule has 0 radical (unpaired) electrons. The quantitative estimate of drug-likeness (QED) is 0.757. The normalized spacial score (nSPS) is 11.1. The molecule has 17 heavy (non-hydrogen) atoms. The SMILES string of the molecule is CC(C)Cc1nc(CC(C(=O)O)C(=O)O)cs1. The van der Waals surface area contributed by atoms with Crippen LogP contribution >= 0.6 is 11.3 Å². The Morgan fingerprint density at radius 1 is 1.29 bits per heavy atom. The summed E-state index contributed by atoms with van der Waals surface area (Å²) in [6.07, 6.45) is 0.773. The topological polar surface area (TPSA) is 87.5 Å². The number of carboxylic acid groups (broad SMARTS) is 2. The first-order valence-electron chi connectivity index (χ1n) is 5.29. The molecule has 0 unspecified atom stereocenters. The van der Waals surface area contributed by atoms with E-state index in [-0.39, 0.29) is 6.42 Å². The van der Waals surface area contributed by atoms with E-state index in [1.807, 2.05) is 0 Å². The molecule has 0 amide bonds. The number of aliphatic carboxylic acids is 2. The highest BCUT2D eigenvalue weighted by Crippen LogP contribution is 2.17. The van der Waals surface area contributed by atoms with Crippen molar-refractivity contribution in [2.45, 2.75) is 26.7 Å². The summed E-state index contributed by atoms with van der Waals surface area (Å²) in [6.45, 7) is 4.14. The Labute approximate surface area is 103 Å². The van der Waals surface area contributed by atoms with Crippen LogP contribution in [0.1, 0.15) is 24.5 Å². The minimum atomic E-state index is -1.41. The molecule has 1 aromatic heterocycles. The van der Waals surface area contributed by atoms with Crippen molar-refractivity contribution in [2.75, 3.05) is 0 Å². The maximum absolute atomic E-state index is 10.7. The number of thiazole rings is 1. The van der Waals surface area contributed by atoms with Crippen LogP contribution in [0.2, 0.25) is 0 Å². The standard InChI is InChI=1S/C11H15NO4S/c1-6(2)3-9-12-7(5-17-9)4-8(10(13)14)11(15)16/h5-6,8H,3-4H2,1-2H3,(H,13,14)(H,15,16). The lowest BCUT2D eigenvalue weighted by atomic mass is 10.0. The van der Waals surface area contributed by atoms with Crippen molar-refractivity contribution >= 4 is 23.3 Å². The fraction of sp³-hybridized carbons (Fsp3) is 0.545. The average Bonchev–Trinajstić information content (AvgIpc) is 2.59. The highest BCUT2D eigenvalue weighted by molar-refractivity contribution is 7.09. The largest absolute Gasteiger partial charge is 0.481 e. The molecular formula is C11H15NO4S. The molecule has 6 heteroatoms. The lowest BCUT2D eigenvalue weighted by Crippen LogP contribution is -2.25. The molecule has 1 rings (SSSR count). The highest BCUT2D eigenvalue weighted by atomic mass is 32.1. The summed E-state index contributed by atoms with van der Waals surface area (Å²) in [5, 5.41) is 20.2. The molecule has 0 spiro atoms. The van der Waals surface area contributed by atoms with Crippen LogP contribution in [0, 0.1) is 11.8 Å². The maximum atomic E-state index is 10.7. The van der Waals surface area contributed by atoms with Crippen LogP contribution in [0.5, 0.6) is 0 Å². The Hall–Kier alpha value is -1.43. The van der Waals surface area contributed by atoms with E-state index in [1.165, 1.54) is 11.3 Å². The van der Waals surface area contributed by atoms with Crippen molar-refractivity contribution in [1.29, 1.82) is 0 Å². The van der Waals surface area contributed by atoms with Crippen LogP contribution in [0.3, 0.4) is 0 Å². The molecule has 0 fully saturated rings. The maximum Gasteiger partial charge on any atom is 0.318 e.